The van der Waals surface area contributed by atoms with Crippen LogP contribution in [-0.2, 0) is 27.3 Å². The number of rotatable bonds is 11. The summed E-state index contributed by atoms with van der Waals surface area (Å²) in [5, 5.41) is 14.1. The Hall–Kier alpha value is -4.59. The first-order valence-corrected chi connectivity index (χ1v) is 15.5. The fraction of sp³-hybridized carbons (Fsp3) is 0.531. The van der Waals surface area contributed by atoms with E-state index in [1.807, 2.05) is 11.5 Å². The number of amides is 3. The number of anilines is 1. The number of aryl methyl sites for hydroxylation is 1. The lowest BCUT2D eigenvalue weighted by Crippen LogP contribution is -2.44. The molecule has 46 heavy (non-hydrogen) atoms. The fourth-order valence-corrected chi connectivity index (χ4v) is 5.31. The molecule has 4 rings (SSSR count). The number of carbonyl (C=O) groups excluding carboxylic acids is 2. The minimum Gasteiger partial charge on any atom is -0.465 e. The molecule has 1 saturated heterocycles. The highest BCUT2D eigenvalue weighted by Crippen LogP contribution is 2.31. The number of nitrogens with one attached hydrogen (secondary N) is 2. The van der Waals surface area contributed by atoms with Crippen LogP contribution < -0.4 is 16.2 Å². The van der Waals surface area contributed by atoms with Crippen LogP contribution in [0.3, 0.4) is 0 Å². The molecule has 0 radical (unpaired) electrons. The fourth-order valence-electron chi connectivity index (χ4n) is 5.31. The van der Waals surface area contributed by atoms with Crippen LogP contribution in [0.1, 0.15) is 76.4 Å². The number of hydrogen-bond donors (Lipinski definition) is 3. The van der Waals surface area contributed by atoms with Crippen molar-refractivity contribution in [3.05, 3.63) is 58.2 Å². The SMILES string of the molecule is Cc1nc(CC(C)(C)C)c2nc(Cn3cccc(NC(=O)[C@H](CC/C=C/C(=O)N(C)C)NC(=O)O)c3=O)n(C3CCCCO3)c2n1. The molecule has 3 aromatic heterocycles. The van der Waals surface area contributed by atoms with Crippen LogP contribution >= 0.6 is 0 Å². The molecule has 0 aromatic carbocycles. The zero-order valence-electron chi connectivity index (χ0n) is 27.4. The van der Waals surface area contributed by atoms with E-state index in [2.05, 4.69) is 31.4 Å². The van der Waals surface area contributed by atoms with Crippen molar-refractivity contribution in [3.63, 3.8) is 0 Å². The molecule has 248 valence electrons. The van der Waals surface area contributed by atoms with E-state index < -0.39 is 23.6 Å². The van der Waals surface area contributed by atoms with E-state index in [0.29, 0.717) is 35.8 Å². The Morgan fingerprint density at radius 3 is 2.61 bits per heavy atom. The maximum Gasteiger partial charge on any atom is 0.405 e. The number of allylic oxidation sites excluding steroid dienone is 1. The lowest BCUT2D eigenvalue weighted by atomic mass is 9.90. The summed E-state index contributed by atoms with van der Waals surface area (Å²) in [4.78, 5) is 65.8. The van der Waals surface area contributed by atoms with Crippen LogP contribution in [0.25, 0.3) is 11.2 Å². The lowest BCUT2D eigenvalue weighted by Gasteiger charge is -2.26. The minimum absolute atomic E-state index is 0.0105. The molecule has 1 aliphatic rings. The van der Waals surface area contributed by atoms with Gasteiger partial charge in [0.05, 0.1) is 12.2 Å². The molecule has 1 aliphatic heterocycles. The Balaban J connectivity index is 1.63. The van der Waals surface area contributed by atoms with Gasteiger partial charge in [-0.2, -0.15) is 0 Å². The van der Waals surface area contributed by atoms with E-state index in [4.69, 9.17) is 19.7 Å². The first kappa shape index (κ1) is 34.3. The predicted molar refractivity (Wildman–Crippen MR) is 173 cm³/mol. The highest BCUT2D eigenvalue weighted by molar-refractivity contribution is 5.96. The average molecular weight is 637 g/mol. The normalized spacial score (nSPS) is 16.0. The summed E-state index contributed by atoms with van der Waals surface area (Å²) in [6.45, 7) is 8.95. The monoisotopic (exact) mass is 636 g/mol. The third-order valence-corrected chi connectivity index (χ3v) is 7.47. The molecule has 0 bridgehead atoms. The van der Waals surface area contributed by atoms with Gasteiger partial charge in [-0.05, 0) is 69.1 Å². The van der Waals surface area contributed by atoms with Crippen molar-refractivity contribution in [3.8, 4) is 0 Å². The number of aromatic nitrogens is 5. The van der Waals surface area contributed by atoms with Gasteiger partial charge >= 0.3 is 6.09 Å². The smallest absolute Gasteiger partial charge is 0.405 e. The van der Waals surface area contributed by atoms with Gasteiger partial charge in [0.2, 0.25) is 11.8 Å². The minimum atomic E-state index is -1.38. The number of pyridine rings is 1. The third kappa shape index (κ3) is 8.77. The quantitative estimate of drug-likeness (QED) is 0.266. The summed E-state index contributed by atoms with van der Waals surface area (Å²) >= 11 is 0. The first-order chi connectivity index (χ1) is 21.7. The van der Waals surface area contributed by atoms with Gasteiger partial charge in [0, 0.05) is 26.9 Å². The van der Waals surface area contributed by atoms with Crippen molar-refractivity contribution in [2.75, 3.05) is 26.0 Å². The van der Waals surface area contributed by atoms with Gasteiger partial charge in [0.15, 0.2) is 5.65 Å². The highest BCUT2D eigenvalue weighted by atomic mass is 16.5. The molecule has 1 fully saturated rings. The van der Waals surface area contributed by atoms with Crippen molar-refractivity contribution in [2.24, 2.45) is 5.41 Å². The largest absolute Gasteiger partial charge is 0.465 e. The zero-order valence-corrected chi connectivity index (χ0v) is 27.4. The second-order valence-corrected chi connectivity index (χ2v) is 12.9. The van der Waals surface area contributed by atoms with Crippen LogP contribution in [0.2, 0.25) is 0 Å². The molecular formula is C32H44N8O6. The number of imidazole rings is 1. The Labute approximate surface area is 267 Å². The maximum absolute atomic E-state index is 13.6. The molecule has 3 aromatic rings. The van der Waals surface area contributed by atoms with Crippen molar-refractivity contribution in [1.29, 1.82) is 0 Å². The van der Waals surface area contributed by atoms with Gasteiger partial charge in [-0.15, -0.1) is 0 Å². The van der Waals surface area contributed by atoms with Gasteiger partial charge in [-0.25, -0.2) is 19.7 Å². The van der Waals surface area contributed by atoms with Crippen LogP contribution in [0, 0.1) is 12.3 Å². The number of likely N-dealkylation sites (N-methyl/N-ethyl adjacent to an activating group) is 1. The molecule has 0 spiro atoms. The standard InChI is InChI=1S/C32H44N8O6/c1-20-33-23(18-32(2,3)4)27-28(34-20)40(26-15-9-10-17-46-26)24(37-27)19-39-16-11-13-22(30(39)43)35-29(42)21(36-31(44)45)12-7-8-14-25(41)38(5)6/h8,11,13-14,16,21,26,36H,7,9-10,12,15,17-19H2,1-6H3,(H,35,42)(H,44,45)/b14-8+/t21-,26?/m0/s1. The number of ether oxygens (including phenoxy) is 1. The van der Waals surface area contributed by atoms with E-state index in [1.54, 1.807) is 32.4 Å². The molecule has 0 saturated carbocycles. The van der Waals surface area contributed by atoms with E-state index in [9.17, 15) is 24.3 Å². The van der Waals surface area contributed by atoms with Crippen LogP contribution in [0.4, 0.5) is 10.5 Å². The number of fused-ring (bicyclic) bond motifs is 1. The molecule has 0 aliphatic carbocycles. The molecule has 3 N–H and O–H groups in total. The van der Waals surface area contributed by atoms with Crippen molar-refractivity contribution in [2.45, 2.75) is 85.0 Å². The second kappa shape index (κ2) is 14.7. The lowest BCUT2D eigenvalue weighted by molar-refractivity contribution is -0.123. The van der Waals surface area contributed by atoms with Gasteiger partial charge in [0.1, 0.15) is 35.1 Å². The van der Waals surface area contributed by atoms with Crippen LogP contribution in [-0.4, -0.2) is 78.7 Å². The summed E-state index contributed by atoms with van der Waals surface area (Å²) in [5.41, 5.74) is 1.62. The summed E-state index contributed by atoms with van der Waals surface area (Å²) in [6.07, 6.45) is 6.61. The van der Waals surface area contributed by atoms with E-state index >= 15 is 0 Å². The van der Waals surface area contributed by atoms with Crippen molar-refractivity contribution in [1.82, 2.24) is 34.3 Å². The molecule has 1 unspecified atom stereocenters. The number of carbonyl (C=O) groups is 3. The topological polar surface area (TPSA) is 174 Å². The van der Waals surface area contributed by atoms with Gasteiger partial charge < -0.3 is 29.9 Å². The Bertz CT molecular complexity index is 1660. The van der Waals surface area contributed by atoms with Gasteiger partial charge in [-0.3, -0.25) is 19.0 Å². The molecule has 2 atom stereocenters. The second-order valence-electron chi connectivity index (χ2n) is 12.9. The summed E-state index contributed by atoms with van der Waals surface area (Å²) in [6, 6.07) is 1.94. The van der Waals surface area contributed by atoms with Gasteiger partial charge in [-0.1, -0.05) is 26.8 Å². The molecule has 3 amide bonds. The molecular weight excluding hydrogens is 592 g/mol. The number of hydrogen-bond acceptors (Lipinski definition) is 8. The van der Waals surface area contributed by atoms with Crippen molar-refractivity contribution >= 4 is 34.8 Å². The Morgan fingerprint density at radius 2 is 1.96 bits per heavy atom. The molecule has 4 heterocycles. The number of nitrogens with zero attached hydrogens (tertiary/aromatic N) is 6. The number of carboxylic acid groups (broad SMARTS) is 1. The Morgan fingerprint density at radius 1 is 1.20 bits per heavy atom. The third-order valence-electron chi connectivity index (χ3n) is 7.47. The molecule has 14 nitrogen and oxygen atoms in total. The van der Waals surface area contributed by atoms with E-state index in [0.717, 1.165) is 25.0 Å². The predicted octanol–water partition coefficient (Wildman–Crippen LogP) is 3.63. The Kier molecular flexibility index (Phi) is 10.9. The maximum atomic E-state index is 13.6. The van der Waals surface area contributed by atoms with E-state index in [-0.39, 0.29) is 42.6 Å². The van der Waals surface area contributed by atoms with Crippen LogP contribution in [0.5, 0.6) is 0 Å². The van der Waals surface area contributed by atoms with Gasteiger partial charge in [0.25, 0.3) is 5.56 Å². The molecule has 14 heteroatoms. The van der Waals surface area contributed by atoms with Crippen LogP contribution in [0.15, 0.2) is 35.3 Å². The van der Waals surface area contributed by atoms with Crippen molar-refractivity contribution < 1.29 is 24.2 Å². The first-order valence-electron chi connectivity index (χ1n) is 15.5. The summed E-state index contributed by atoms with van der Waals surface area (Å²) in [7, 11) is 3.22. The van der Waals surface area contributed by atoms with E-state index in [1.165, 1.54) is 21.6 Å². The highest BCUT2D eigenvalue weighted by Gasteiger charge is 2.27. The zero-order chi connectivity index (χ0) is 33.6. The average Bonchev–Trinajstić information content (AvgIpc) is 3.33. The summed E-state index contributed by atoms with van der Waals surface area (Å²) in [5.74, 6) is 0.284. The summed E-state index contributed by atoms with van der Waals surface area (Å²) < 4.78 is 9.56.